The van der Waals surface area contributed by atoms with Crippen molar-refractivity contribution in [3.8, 4) is 0 Å². The molecule has 5 heteroatoms. The van der Waals surface area contributed by atoms with Crippen LogP contribution in [0.15, 0.2) is 0 Å². The maximum absolute atomic E-state index is 12.1. The number of likely N-dealkylation sites (tertiary alicyclic amines) is 1. The fraction of sp³-hybridized carbons (Fsp3) is 0.769. The van der Waals surface area contributed by atoms with E-state index in [0.29, 0.717) is 6.54 Å². The lowest BCUT2D eigenvalue weighted by molar-refractivity contribution is -0.156. The van der Waals surface area contributed by atoms with Crippen molar-refractivity contribution >= 4 is 17.7 Å². The summed E-state index contributed by atoms with van der Waals surface area (Å²) in [7, 11) is 0. The standard InChI is InChI=1S/C13H21NO4/c1-5-18-11(16)9-8-14(7-6-10(9)15)12(17)13(2,3)4/h9H,5-8H2,1-4H3. The Balaban J connectivity index is 2.75. The quantitative estimate of drug-likeness (QED) is 0.546. The molecular weight excluding hydrogens is 234 g/mol. The Morgan fingerprint density at radius 1 is 1.39 bits per heavy atom. The smallest absolute Gasteiger partial charge is 0.318 e. The predicted molar refractivity (Wildman–Crippen MR) is 65.8 cm³/mol. The number of carbonyl (C=O) groups excluding carboxylic acids is 3. The van der Waals surface area contributed by atoms with Crippen molar-refractivity contribution in [1.29, 1.82) is 0 Å². The van der Waals surface area contributed by atoms with E-state index in [1.54, 1.807) is 11.8 Å². The highest BCUT2D eigenvalue weighted by Crippen LogP contribution is 2.22. The van der Waals surface area contributed by atoms with Gasteiger partial charge in [0.1, 0.15) is 5.92 Å². The van der Waals surface area contributed by atoms with Crippen molar-refractivity contribution in [3.05, 3.63) is 0 Å². The van der Waals surface area contributed by atoms with Crippen molar-refractivity contribution in [2.75, 3.05) is 19.7 Å². The van der Waals surface area contributed by atoms with Crippen LogP contribution in [-0.4, -0.2) is 42.3 Å². The summed E-state index contributed by atoms with van der Waals surface area (Å²) in [5.41, 5.74) is -0.500. The van der Waals surface area contributed by atoms with Crippen LogP contribution in [0, 0.1) is 11.3 Å². The monoisotopic (exact) mass is 255 g/mol. The molecule has 0 radical (unpaired) electrons. The van der Waals surface area contributed by atoms with E-state index < -0.39 is 17.3 Å². The Morgan fingerprint density at radius 2 is 2.00 bits per heavy atom. The third-order valence-electron chi connectivity index (χ3n) is 2.92. The van der Waals surface area contributed by atoms with Gasteiger partial charge >= 0.3 is 5.97 Å². The molecule has 102 valence electrons. The van der Waals surface area contributed by atoms with Crippen LogP contribution >= 0.6 is 0 Å². The van der Waals surface area contributed by atoms with Crippen LogP contribution in [0.3, 0.4) is 0 Å². The number of rotatable bonds is 2. The molecule has 1 aliphatic heterocycles. The number of amides is 1. The first-order chi connectivity index (χ1) is 8.27. The van der Waals surface area contributed by atoms with E-state index >= 15 is 0 Å². The molecule has 1 atom stereocenters. The minimum absolute atomic E-state index is 0.0377. The van der Waals surface area contributed by atoms with E-state index in [1.165, 1.54) is 0 Å². The zero-order valence-electron chi connectivity index (χ0n) is 11.5. The van der Waals surface area contributed by atoms with Crippen LogP contribution in [0.2, 0.25) is 0 Å². The molecule has 1 saturated heterocycles. The molecule has 1 rings (SSSR count). The van der Waals surface area contributed by atoms with E-state index in [4.69, 9.17) is 4.74 Å². The summed E-state index contributed by atoms with van der Waals surface area (Å²) in [5, 5.41) is 0. The largest absolute Gasteiger partial charge is 0.465 e. The summed E-state index contributed by atoms with van der Waals surface area (Å²) in [6.07, 6.45) is 0.227. The average Bonchev–Trinajstić information content (AvgIpc) is 2.27. The average molecular weight is 255 g/mol. The highest BCUT2D eigenvalue weighted by molar-refractivity contribution is 6.00. The second-order valence-corrected chi connectivity index (χ2v) is 5.52. The van der Waals surface area contributed by atoms with Gasteiger partial charge in [0, 0.05) is 24.9 Å². The summed E-state index contributed by atoms with van der Waals surface area (Å²) in [5.74, 6) is -1.50. The first-order valence-electron chi connectivity index (χ1n) is 6.26. The fourth-order valence-electron chi connectivity index (χ4n) is 1.94. The number of piperidine rings is 1. The van der Waals surface area contributed by atoms with Gasteiger partial charge in [-0.1, -0.05) is 20.8 Å². The molecule has 0 saturated carbocycles. The van der Waals surface area contributed by atoms with Gasteiger partial charge in [-0.3, -0.25) is 14.4 Å². The van der Waals surface area contributed by atoms with Gasteiger partial charge < -0.3 is 9.64 Å². The van der Waals surface area contributed by atoms with E-state index in [1.807, 2.05) is 20.8 Å². The van der Waals surface area contributed by atoms with Crippen LogP contribution in [0.5, 0.6) is 0 Å². The van der Waals surface area contributed by atoms with E-state index in [9.17, 15) is 14.4 Å². The number of hydrogen-bond acceptors (Lipinski definition) is 4. The highest BCUT2D eigenvalue weighted by atomic mass is 16.5. The summed E-state index contributed by atoms with van der Waals surface area (Å²) < 4.78 is 4.87. The Kier molecular flexibility index (Phi) is 4.48. The molecule has 1 aliphatic rings. The summed E-state index contributed by atoms with van der Waals surface area (Å²) in [6.45, 7) is 7.96. The van der Waals surface area contributed by atoms with Gasteiger partial charge in [-0.05, 0) is 6.92 Å². The zero-order chi connectivity index (χ0) is 13.9. The molecule has 1 heterocycles. The number of carbonyl (C=O) groups is 3. The molecule has 0 bridgehead atoms. The molecule has 0 N–H and O–H groups in total. The lowest BCUT2D eigenvalue weighted by atomic mass is 9.90. The van der Waals surface area contributed by atoms with Crippen molar-refractivity contribution in [2.45, 2.75) is 34.1 Å². The minimum Gasteiger partial charge on any atom is -0.465 e. The molecule has 0 aromatic carbocycles. The van der Waals surface area contributed by atoms with E-state index in [2.05, 4.69) is 0 Å². The van der Waals surface area contributed by atoms with Gasteiger partial charge in [0.05, 0.1) is 6.61 Å². The summed E-state index contributed by atoms with van der Waals surface area (Å²) in [4.78, 5) is 37.0. The first kappa shape index (κ1) is 14.7. The molecule has 0 aliphatic carbocycles. The van der Waals surface area contributed by atoms with Crippen LogP contribution in [0.4, 0.5) is 0 Å². The Bertz CT molecular complexity index is 356. The lowest BCUT2D eigenvalue weighted by Gasteiger charge is -2.34. The number of hydrogen-bond donors (Lipinski definition) is 0. The number of ketones is 1. The molecule has 5 nitrogen and oxygen atoms in total. The number of ether oxygens (including phenoxy) is 1. The summed E-state index contributed by atoms with van der Waals surface area (Å²) >= 11 is 0. The molecular formula is C13H21NO4. The molecule has 18 heavy (non-hydrogen) atoms. The SMILES string of the molecule is CCOC(=O)C1CN(C(=O)C(C)(C)C)CCC1=O. The predicted octanol–water partition coefficient (Wildman–Crippen LogP) is 1.01. The topological polar surface area (TPSA) is 63.7 Å². The highest BCUT2D eigenvalue weighted by Gasteiger charge is 2.38. The third kappa shape index (κ3) is 3.31. The van der Waals surface area contributed by atoms with E-state index in [-0.39, 0.29) is 31.3 Å². The van der Waals surface area contributed by atoms with Gasteiger partial charge in [0.25, 0.3) is 0 Å². The summed E-state index contributed by atoms with van der Waals surface area (Å²) in [6, 6.07) is 0. The molecule has 1 unspecified atom stereocenters. The Morgan fingerprint density at radius 3 is 2.50 bits per heavy atom. The van der Waals surface area contributed by atoms with Gasteiger partial charge in [-0.15, -0.1) is 0 Å². The van der Waals surface area contributed by atoms with Gasteiger partial charge in [-0.2, -0.15) is 0 Å². The Labute approximate surface area is 107 Å². The van der Waals surface area contributed by atoms with Crippen molar-refractivity contribution in [1.82, 2.24) is 4.90 Å². The molecule has 0 aromatic heterocycles. The first-order valence-corrected chi connectivity index (χ1v) is 6.26. The maximum atomic E-state index is 12.1. The number of esters is 1. The van der Waals surface area contributed by atoms with Gasteiger partial charge in [-0.25, -0.2) is 0 Å². The van der Waals surface area contributed by atoms with Gasteiger partial charge in [0.15, 0.2) is 5.78 Å². The molecule has 0 aromatic rings. The van der Waals surface area contributed by atoms with Crippen molar-refractivity contribution < 1.29 is 19.1 Å². The number of Topliss-reactive ketones (excluding diaryl/α,β-unsaturated/α-hetero) is 1. The minimum atomic E-state index is -0.815. The van der Waals surface area contributed by atoms with Crippen LogP contribution in [0.25, 0.3) is 0 Å². The zero-order valence-corrected chi connectivity index (χ0v) is 11.5. The van der Waals surface area contributed by atoms with Crippen LogP contribution < -0.4 is 0 Å². The second kappa shape index (κ2) is 5.50. The molecule has 0 spiro atoms. The maximum Gasteiger partial charge on any atom is 0.318 e. The van der Waals surface area contributed by atoms with Gasteiger partial charge in [0.2, 0.25) is 5.91 Å². The molecule has 1 amide bonds. The number of nitrogens with zero attached hydrogens (tertiary/aromatic N) is 1. The third-order valence-corrected chi connectivity index (χ3v) is 2.92. The molecule has 1 fully saturated rings. The van der Waals surface area contributed by atoms with Crippen LogP contribution in [0.1, 0.15) is 34.1 Å². The lowest BCUT2D eigenvalue weighted by Crippen LogP contribution is -2.50. The fourth-order valence-corrected chi connectivity index (χ4v) is 1.94. The Hall–Kier alpha value is -1.39. The normalized spacial score (nSPS) is 20.8. The van der Waals surface area contributed by atoms with Crippen LogP contribution in [-0.2, 0) is 19.1 Å². The van der Waals surface area contributed by atoms with E-state index in [0.717, 1.165) is 0 Å². The van der Waals surface area contributed by atoms with Crippen molar-refractivity contribution in [2.24, 2.45) is 11.3 Å². The second-order valence-electron chi connectivity index (χ2n) is 5.52. The van der Waals surface area contributed by atoms with Crippen molar-refractivity contribution in [3.63, 3.8) is 0 Å².